The zero-order valence-electron chi connectivity index (χ0n) is 22.2. The molecule has 3 aliphatic heterocycles. The lowest BCUT2D eigenvalue weighted by Gasteiger charge is -2.46. The first kappa shape index (κ1) is 33.9. The summed E-state index contributed by atoms with van der Waals surface area (Å²) in [6.07, 6.45) is -18.6. The van der Waals surface area contributed by atoms with Crippen molar-refractivity contribution >= 4 is 0 Å². The Hall–Kier alpha value is -0.640. The molecule has 0 aromatic carbocycles. The minimum Gasteiger partial charge on any atom is -0.394 e. The summed E-state index contributed by atoms with van der Waals surface area (Å²) in [6, 6.07) is 0. The number of hydrogen-bond donors (Lipinski definition) is 10. The van der Waals surface area contributed by atoms with E-state index in [-0.39, 0.29) is 25.7 Å². The van der Waals surface area contributed by atoms with Gasteiger partial charge in [0.05, 0.1) is 33.0 Å². The average molecular weight is 589 g/mol. The Bertz CT molecular complexity index is 729. The van der Waals surface area contributed by atoms with Crippen LogP contribution < -0.4 is 0 Å². The van der Waals surface area contributed by atoms with Crippen LogP contribution in [0.3, 0.4) is 0 Å². The molecule has 0 saturated carbocycles. The predicted molar refractivity (Wildman–Crippen MR) is 129 cm³/mol. The van der Waals surface area contributed by atoms with Crippen molar-refractivity contribution in [2.24, 2.45) is 5.92 Å². The topological polar surface area (TPSA) is 258 Å². The standard InChI is InChI=1S/C24H44O16/c1-2-3-4-10(7-35-22-18(32)14(28)11(27)9-37-22)8-36-23-20(34)17(31)21(13(6-26)39-23)40-24-19(33)16(30)15(29)12(5-25)38-24/h10-34H,2-9H2,1H3/t10-,11-,12-,13-,14+,15-,16+,17-,18-,19-,20-,21-,22-,23-,24-/m1/s1. The van der Waals surface area contributed by atoms with E-state index in [2.05, 4.69) is 0 Å². The van der Waals surface area contributed by atoms with Crippen LogP contribution in [-0.4, -0.2) is 170 Å². The minimum absolute atomic E-state index is 0.0289. The van der Waals surface area contributed by atoms with Gasteiger partial charge in [-0.25, -0.2) is 0 Å². The van der Waals surface area contributed by atoms with E-state index in [4.69, 9.17) is 28.4 Å². The van der Waals surface area contributed by atoms with E-state index in [1.807, 2.05) is 6.92 Å². The van der Waals surface area contributed by atoms with Crippen molar-refractivity contribution in [2.45, 2.75) is 112 Å². The van der Waals surface area contributed by atoms with Gasteiger partial charge in [0, 0.05) is 5.92 Å². The largest absolute Gasteiger partial charge is 0.394 e. The first-order valence-electron chi connectivity index (χ1n) is 13.5. The molecule has 16 heteroatoms. The van der Waals surface area contributed by atoms with Gasteiger partial charge < -0.3 is 79.5 Å². The average Bonchev–Trinajstić information content (AvgIpc) is 2.95. The lowest BCUT2D eigenvalue weighted by Crippen LogP contribution is -2.64. The Morgan fingerprint density at radius 2 is 1.25 bits per heavy atom. The minimum atomic E-state index is -1.77. The molecule has 10 N–H and O–H groups in total. The van der Waals surface area contributed by atoms with Crippen LogP contribution in [0.15, 0.2) is 0 Å². The molecule has 0 aliphatic carbocycles. The Balaban J connectivity index is 1.58. The first-order valence-corrected chi connectivity index (χ1v) is 13.5. The Labute approximate surface area is 231 Å². The van der Waals surface area contributed by atoms with E-state index in [0.717, 1.165) is 12.8 Å². The molecule has 15 atom stereocenters. The summed E-state index contributed by atoms with van der Waals surface area (Å²) in [5.41, 5.74) is 0. The van der Waals surface area contributed by atoms with Crippen LogP contribution in [0, 0.1) is 5.92 Å². The second kappa shape index (κ2) is 15.7. The molecule has 236 valence electrons. The lowest BCUT2D eigenvalue weighted by molar-refractivity contribution is -0.360. The molecule has 0 aromatic rings. The van der Waals surface area contributed by atoms with E-state index in [0.29, 0.717) is 6.42 Å². The first-order chi connectivity index (χ1) is 19.0. The third-order valence-corrected chi connectivity index (χ3v) is 7.37. The summed E-state index contributed by atoms with van der Waals surface area (Å²) < 4.78 is 33.1. The van der Waals surface area contributed by atoms with Gasteiger partial charge in [-0.1, -0.05) is 19.8 Å². The number of ether oxygens (including phenoxy) is 6. The molecule has 3 heterocycles. The van der Waals surface area contributed by atoms with Crippen LogP contribution in [0.25, 0.3) is 0 Å². The highest BCUT2D eigenvalue weighted by Crippen LogP contribution is 2.30. The summed E-state index contributed by atoms with van der Waals surface area (Å²) >= 11 is 0. The van der Waals surface area contributed by atoms with Gasteiger partial charge in [0.1, 0.15) is 67.1 Å². The molecular formula is C24H44O16. The number of aliphatic hydroxyl groups excluding tert-OH is 10. The fourth-order valence-electron chi connectivity index (χ4n) is 4.79. The third-order valence-electron chi connectivity index (χ3n) is 7.37. The van der Waals surface area contributed by atoms with E-state index < -0.39 is 99.2 Å². The number of hydrogen-bond acceptors (Lipinski definition) is 16. The molecule has 0 unspecified atom stereocenters. The summed E-state index contributed by atoms with van der Waals surface area (Å²) in [4.78, 5) is 0. The van der Waals surface area contributed by atoms with Crippen LogP contribution in [0.1, 0.15) is 26.2 Å². The van der Waals surface area contributed by atoms with Gasteiger partial charge in [0.15, 0.2) is 18.9 Å². The maximum atomic E-state index is 10.8. The van der Waals surface area contributed by atoms with Gasteiger partial charge in [-0.05, 0) is 6.42 Å². The van der Waals surface area contributed by atoms with Crippen molar-refractivity contribution in [1.82, 2.24) is 0 Å². The monoisotopic (exact) mass is 588 g/mol. The lowest BCUT2D eigenvalue weighted by atomic mass is 9.97. The zero-order valence-corrected chi connectivity index (χ0v) is 22.2. The summed E-state index contributed by atoms with van der Waals surface area (Å²) in [5, 5.41) is 100. The second-order valence-electron chi connectivity index (χ2n) is 10.4. The molecule has 0 aromatic heterocycles. The van der Waals surface area contributed by atoms with Gasteiger partial charge in [-0.15, -0.1) is 0 Å². The van der Waals surface area contributed by atoms with E-state index >= 15 is 0 Å². The van der Waals surface area contributed by atoms with Crippen LogP contribution in [0.4, 0.5) is 0 Å². The highest BCUT2D eigenvalue weighted by atomic mass is 16.7. The molecule has 40 heavy (non-hydrogen) atoms. The van der Waals surface area contributed by atoms with Gasteiger partial charge >= 0.3 is 0 Å². The fourth-order valence-corrected chi connectivity index (χ4v) is 4.79. The summed E-state index contributed by atoms with van der Waals surface area (Å²) in [7, 11) is 0. The second-order valence-corrected chi connectivity index (χ2v) is 10.4. The van der Waals surface area contributed by atoms with Crippen molar-refractivity contribution < 1.29 is 79.5 Å². The van der Waals surface area contributed by atoms with Gasteiger partial charge in [-0.2, -0.15) is 0 Å². The van der Waals surface area contributed by atoms with Crippen molar-refractivity contribution in [1.29, 1.82) is 0 Å². The molecule has 0 spiro atoms. The van der Waals surface area contributed by atoms with Crippen molar-refractivity contribution in [3.05, 3.63) is 0 Å². The summed E-state index contributed by atoms with van der Waals surface area (Å²) in [5.74, 6) is -0.289. The Morgan fingerprint density at radius 1 is 0.675 bits per heavy atom. The van der Waals surface area contributed by atoms with Crippen molar-refractivity contribution in [3.8, 4) is 0 Å². The van der Waals surface area contributed by atoms with Crippen molar-refractivity contribution in [3.63, 3.8) is 0 Å². The molecule has 0 radical (unpaired) electrons. The molecule has 3 saturated heterocycles. The van der Waals surface area contributed by atoms with E-state index in [1.165, 1.54) is 0 Å². The van der Waals surface area contributed by atoms with Gasteiger partial charge in [0.25, 0.3) is 0 Å². The normalized spacial score (nSPS) is 45.4. The number of unbranched alkanes of at least 4 members (excludes halogenated alkanes) is 1. The third kappa shape index (κ3) is 8.04. The predicted octanol–water partition coefficient (Wildman–Crippen LogP) is -5.11. The quantitative estimate of drug-likeness (QED) is 0.0965. The Morgan fingerprint density at radius 3 is 1.88 bits per heavy atom. The maximum Gasteiger partial charge on any atom is 0.187 e. The molecule has 0 bridgehead atoms. The highest BCUT2D eigenvalue weighted by molar-refractivity contribution is 4.94. The van der Waals surface area contributed by atoms with Crippen molar-refractivity contribution in [2.75, 3.05) is 33.0 Å². The smallest absolute Gasteiger partial charge is 0.187 e. The van der Waals surface area contributed by atoms with Crippen LogP contribution in [0.5, 0.6) is 0 Å². The molecule has 3 aliphatic rings. The van der Waals surface area contributed by atoms with Gasteiger partial charge in [-0.3, -0.25) is 0 Å². The van der Waals surface area contributed by atoms with Gasteiger partial charge in [0.2, 0.25) is 0 Å². The maximum absolute atomic E-state index is 10.8. The molecule has 0 amide bonds. The molecular weight excluding hydrogens is 544 g/mol. The number of aliphatic hydroxyl groups is 10. The van der Waals surface area contributed by atoms with Crippen LogP contribution in [0.2, 0.25) is 0 Å². The van der Waals surface area contributed by atoms with Crippen LogP contribution in [-0.2, 0) is 28.4 Å². The SMILES string of the molecule is CCCC[C@@H](CO[C@@H]1O[C@H](CO)[C@@H](O[C@H]2O[C@H](CO)[C@@H](O)[C@H](O)[C@H]2O)[C@H](O)[C@H]1O)CO[C@@H]1OC[C@@H](O)[C@H](O)[C@H]1O. The zero-order chi connectivity index (χ0) is 29.6. The molecule has 3 fully saturated rings. The Kier molecular flexibility index (Phi) is 13.3. The molecule has 3 rings (SSSR count). The van der Waals surface area contributed by atoms with E-state index in [9.17, 15) is 51.1 Å². The highest BCUT2D eigenvalue weighted by Gasteiger charge is 2.50. The molecule has 16 nitrogen and oxygen atoms in total. The number of rotatable bonds is 13. The van der Waals surface area contributed by atoms with Crippen LogP contribution >= 0.6 is 0 Å². The summed E-state index contributed by atoms with van der Waals surface area (Å²) in [6.45, 7) is 0.373. The van der Waals surface area contributed by atoms with E-state index in [1.54, 1.807) is 0 Å². The fraction of sp³-hybridized carbons (Fsp3) is 1.00.